The lowest BCUT2D eigenvalue weighted by Gasteiger charge is -2.24. The zero-order valence-corrected chi connectivity index (χ0v) is 22.2. The van der Waals surface area contributed by atoms with Gasteiger partial charge in [-0.1, -0.05) is 24.3 Å². The maximum atomic E-state index is 14.1. The molecular weight excluding hydrogens is 460 g/mol. The summed E-state index contributed by atoms with van der Waals surface area (Å²) in [5, 5.41) is 10.7. The van der Waals surface area contributed by atoms with Crippen molar-refractivity contribution in [2.45, 2.75) is 45.7 Å². The van der Waals surface area contributed by atoms with Crippen LogP contribution in [0.4, 0.5) is 5.69 Å². The standard InChI is InChI=1S/C26H34N6O2S/c1-19-17-21(3)31(27-19)15-13-30(14-16-32-22(4)18-20(2)28-32)35(33,34)26-12-8-9-23-24(26)10-7-11-25(23)29(5)6/h7-12,17-18H,13-16H2,1-6H3. The maximum absolute atomic E-state index is 14.1. The molecule has 9 heteroatoms. The number of sulfonamides is 1. The first-order valence-corrected chi connectivity index (χ1v) is 13.2. The first-order valence-electron chi connectivity index (χ1n) is 11.8. The van der Waals surface area contributed by atoms with Crippen LogP contribution in [-0.2, 0) is 23.1 Å². The van der Waals surface area contributed by atoms with Gasteiger partial charge in [0, 0.05) is 55.0 Å². The molecule has 2 heterocycles. The van der Waals surface area contributed by atoms with E-state index in [4.69, 9.17) is 0 Å². The largest absolute Gasteiger partial charge is 0.377 e. The molecule has 0 fully saturated rings. The van der Waals surface area contributed by atoms with Crippen LogP contribution in [0.1, 0.15) is 22.8 Å². The zero-order chi connectivity index (χ0) is 25.3. The summed E-state index contributed by atoms with van der Waals surface area (Å²) >= 11 is 0. The minimum absolute atomic E-state index is 0.313. The van der Waals surface area contributed by atoms with Crippen molar-refractivity contribution in [1.82, 2.24) is 23.9 Å². The van der Waals surface area contributed by atoms with Gasteiger partial charge in [-0.2, -0.15) is 14.5 Å². The maximum Gasteiger partial charge on any atom is 0.243 e. The fraction of sp³-hybridized carbons (Fsp3) is 0.385. The van der Waals surface area contributed by atoms with Gasteiger partial charge in [-0.15, -0.1) is 0 Å². The summed E-state index contributed by atoms with van der Waals surface area (Å²) in [5.41, 5.74) is 4.85. The highest BCUT2D eigenvalue weighted by Crippen LogP contribution is 2.31. The molecular formula is C26H34N6O2S. The van der Waals surface area contributed by atoms with Crippen molar-refractivity contribution in [1.29, 1.82) is 0 Å². The fourth-order valence-corrected chi connectivity index (χ4v) is 6.21. The number of anilines is 1. The summed E-state index contributed by atoms with van der Waals surface area (Å²) < 4.78 is 33.5. The third kappa shape index (κ3) is 5.11. The summed E-state index contributed by atoms with van der Waals surface area (Å²) in [4.78, 5) is 2.32. The second kappa shape index (κ2) is 9.83. The van der Waals surface area contributed by atoms with Crippen LogP contribution in [0.3, 0.4) is 0 Å². The summed E-state index contributed by atoms with van der Waals surface area (Å²) in [6.07, 6.45) is 0. The zero-order valence-electron chi connectivity index (χ0n) is 21.4. The van der Waals surface area contributed by atoms with Crippen LogP contribution in [0.2, 0.25) is 0 Å². The summed E-state index contributed by atoms with van der Waals surface area (Å²) in [6, 6.07) is 15.3. The first-order chi connectivity index (χ1) is 16.6. The number of hydrogen-bond donors (Lipinski definition) is 0. The van der Waals surface area contributed by atoms with E-state index in [1.165, 1.54) is 0 Å². The number of benzene rings is 2. The highest BCUT2D eigenvalue weighted by Gasteiger charge is 2.27. The molecule has 0 unspecified atom stereocenters. The van der Waals surface area contributed by atoms with Gasteiger partial charge in [-0.3, -0.25) is 9.36 Å². The Hall–Kier alpha value is -3.17. The molecule has 0 atom stereocenters. The van der Waals surface area contributed by atoms with Gasteiger partial charge >= 0.3 is 0 Å². The Morgan fingerprint density at radius 1 is 0.771 bits per heavy atom. The number of aryl methyl sites for hydroxylation is 4. The van der Waals surface area contributed by atoms with Crippen molar-refractivity contribution < 1.29 is 8.42 Å². The summed E-state index contributed by atoms with van der Waals surface area (Å²) in [7, 11) is 0.137. The molecule has 0 radical (unpaired) electrons. The van der Waals surface area contributed by atoms with Crippen LogP contribution in [0.5, 0.6) is 0 Å². The molecule has 0 N–H and O–H groups in total. The van der Waals surface area contributed by atoms with Gasteiger partial charge in [0.05, 0.1) is 29.4 Å². The topological polar surface area (TPSA) is 76.3 Å². The van der Waals surface area contributed by atoms with E-state index >= 15 is 0 Å². The van der Waals surface area contributed by atoms with Gasteiger partial charge in [0.15, 0.2) is 0 Å². The second-order valence-corrected chi connectivity index (χ2v) is 11.1. The molecule has 0 saturated heterocycles. The van der Waals surface area contributed by atoms with Crippen LogP contribution >= 0.6 is 0 Å². The van der Waals surface area contributed by atoms with Gasteiger partial charge in [-0.05, 0) is 52.0 Å². The van der Waals surface area contributed by atoms with Crippen molar-refractivity contribution in [2.24, 2.45) is 0 Å². The molecule has 8 nitrogen and oxygen atoms in total. The normalized spacial score (nSPS) is 12.1. The van der Waals surface area contributed by atoms with Crippen molar-refractivity contribution in [3.63, 3.8) is 0 Å². The molecule has 2 aromatic heterocycles. The SMILES string of the molecule is Cc1cc(C)n(CCN(CCn2nc(C)cc2C)S(=O)(=O)c2cccc3c(N(C)C)cccc23)n1. The molecule has 0 spiro atoms. The van der Waals surface area contributed by atoms with Crippen molar-refractivity contribution in [3.8, 4) is 0 Å². The molecule has 0 aliphatic carbocycles. The number of nitrogens with zero attached hydrogens (tertiary/aromatic N) is 6. The van der Waals surface area contributed by atoms with E-state index < -0.39 is 10.0 Å². The molecule has 2 aromatic carbocycles. The van der Waals surface area contributed by atoms with E-state index in [2.05, 4.69) is 10.2 Å². The van der Waals surface area contributed by atoms with E-state index in [0.29, 0.717) is 31.1 Å². The Labute approximate surface area is 207 Å². The van der Waals surface area contributed by atoms with Gasteiger partial charge in [0.1, 0.15) is 0 Å². The van der Waals surface area contributed by atoms with Crippen LogP contribution < -0.4 is 4.90 Å². The van der Waals surface area contributed by atoms with E-state index in [0.717, 1.165) is 39.2 Å². The van der Waals surface area contributed by atoms with Crippen molar-refractivity contribution >= 4 is 26.5 Å². The van der Waals surface area contributed by atoms with E-state index in [-0.39, 0.29) is 0 Å². The summed E-state index contributed by atoms with van der Waals surface area (Å²) in [6.45, 7) is 9.44. The molecule has 0 aliphatic heterocycles. The molecule has 186 valence electrons. The fourth-order valence-electron chi connectivity index (χ4n) is 4.59. The Balaban J connectivity index is 1.72. The van der Waals surface area contributed by atoms with Gasteiger partial charge in [0.2, 0.25) is 10.0 Å². The molecule has 0 bridgehead atoms. The molecule has 0 saturated carbocycles. The molecule has 4 rings (SSSR count). The number of fused-ring (bicyclic) bond motifs is 1. The monoisotopic (exact) mass is 494 g/mol. The Kier molecular flexibility index (Phi) is 7.00. The van der Waals surface area contributed by atoms with Crippen LogP contribution in [0, 0.1) is 27.7 Å². The molecule has 35 heavy (non-hydrogen) atoms. The predicted molar refractivity (Wildman–Crippen MR) is 140 cm³/mol. The van der Waals surface area contributed by atoms with Gasteiger partial charge < -0.3 is 4.90 Å². The van der Waals surface area contributed by atoms with E-state index in [1.54, 1.807) is 10.4 Å². The summed E-state index contributed by atoms with van der Waals surface area (Å²) in [5.74, 6) is 0. The molecule has 0 amide bonds. The Bertz CT molecular complexity index is 1400. The first kappa shape index (κ1) is 24.9. The van der Waals surface area contributed by atoms with E-state index in [9.17, 15) is 8.42 Å². The molecule has 0 aliphatic rings. The lowest BCUT2D eigenvalue weighted by molar-refractivity contribution is 0.358. The van der Waals surface area contributed by atoms with Gasteiger partial charge in [0.25, 0.3) is 0 Å². The third-order valence-corrected chi connectivity index (χ3v) is 8.24. The molecule has 4 aromatic rings. The van der Waals surface area contributed by atoms with Crippen LogP contribution in [0.25, 0.3) is 10.8 Å². The lowest BCUT2D eigenvalue weighted by Crippen LogP contribution is -2.37. The van der Waals surface area contributed by atoms with E-state index in [1.807, 2.05) is 98.5 Å². The van der Waals surface area contributed by atoms with Crippen LogP contribution in [0.15, 0.2) is 53.4 Å². The number of aromatic nitrogens is 4. The van der Waals surface area contributed by atoms with Crippen molar-refractivity contribution in [2.75, 3.05) is 32.1 Å². The average Bonchev–Trinajstić information content (AvgIpc) is 3.30. The number of hydrogen-bond acceptors (Lipinski definition) is 5. The highest BCUT2D eigenvalue weighted by molar-refractivity contribution is 7.89. The minimum atomic E-state index is -3.79. The third-order valence-electron chi connectivity index (χ3n) is 6.29. The second-order valence-electron chi connectivity index (χ2n) is 9.23. The number of rotatable bonds is 9. The quantitative estimate of drug-likeness (QED) is 0.352. The highest BCUT2D eigenvalue weighted by atomic mass is 32.2. The van der Waals surface area contributed by atoms with Gasteiger partial charge in [-0.25, -0.2) is 8.42 Å². The minimum Gasteiger partial charge on any atom is -0.377 e. The average molecular weight is 495 g/mol. The Morgan fingerprint density at radius 2 is 1.29 bits per heavy atom. The van der Waals surface area contributed by atoms with Crippen LogP contribution in [-0.4, -0.2) is 59.5 Å². The van der Waals surface area contributed by atoms with Crippen molar-refractivity contribution in [3.05, 3.63) is 71.3 Å². The lowest BCUT2D eigenvalue weighted by atomic mass is 10.1. The Morgan fingerprint density at radius 3 is 1.77 bits per heavy atom. The predicted octanol–water partition coefficient (Wildman–Crippen LogP) is 3.92. The smallest absolute Gasteiger partial charge is 0.243 e.